The maximum absolute atomic E-state index is 12.5. The largest absolute Gasteiger partial charge is 0.433 e. The molecule has 3 rings (SSSR count). The van der Waals surface area contributed by atoms with Gasteiger partial charge in [0.25, 0.3) is 5.91 Å². The number of rotatable bonds is 3. The van der Waals surface area contributed by atoms with Crippen molar-refractivity contribution >= 4 is 23.2 Å². The van der Waals surface area contributed by atoms with E-state index in [-0.39, 0.29) is 5.69 Å². The van der Waals surface area contributed by atoms with Crippen LogP contribution in [0.25, 0.3) is 11.3 Å². The van der Waals surface area contributed by atoms with Crippen LogP contribution in [0.15, 0.2) is 48.7 Å². The highest BCUT2D eigenvalue weighted by Gasteiger charge is 2.32. The zero-order chi connectivity index (χ0) is 18.9. The molecule has 134 valence electrons. The van der Waals surface area contributed by atoms with Crippen molar-refractivity contribution in [3.05, 3.63) is 65.1 Å². The van der Waals surface area contributed by atoms with Crippen LogP contribution < -0.4 is 5.32 Å². The van der Waals surface area contributed by atoms with Crippen LogP contribution >= 0.6 is 11.6 Å². The second-order valence-corrected chi connectivity index (χ2v) is 5.83. The highest BCUT2D eigenvalue weighted by molar-refractivity contribution is 6.29. The summed E-state index contributed by atoms with van der Waals surface area (Å²) in [5.41, 5.74) is 0.747. The first kappa shape index (κ1) is 17.9. The van der Waals surface area contributed by atoms with Crippen LogP contribution in [0, 0.1) is 0 Å². The molecule has 26 heavy (non-hydrogen) atoms. The van der Waals surface area contributed by atoms with Gasteiger partial charge in [-0.25, -0.2) is 4.98 Å². The molecule has 0 radical (unpaired) electrons. The van der Waals surface area contributed by atoms with Crippen molar-refractivity contribution in [3.63, 3.8) is 0 Å². The van der Waals surface area contributed by atoms with E-state index in [1.807, 2.05) is 0 Å². The molecule has 0 atom stereocenters. The number of anilines is 1. The van der Waals surface area contributed by atoms with Gasteiger partial charge >= 0.3 is 6.18 Å². The lowest BCUT2D eigenvalue weighted by Crippen LogP contribution is -2.13. The van der Waals surface area contributed by atoms with Crippen molar-refractivity contribution in [2.24, 2.45) is 7.05 Å². The van der Waals surface area contributed by atoms with Crippen molar-refractivity contribution in [1.82, 2.24) is 14.8 Å². The van der Waals surface area contributed by atoms with Gasteiger partial charge in [-0.2, -0.15) is 18.3 Å². The normalized spacial score (nSPS) is 11.4. The number of benzene rings is 1. The second-order valence-electron chi connectivity index (χ2n) is 5.44. The molecule has 1 N–H and O–H groups in total. The molecule has 0 saturated heterocycles. The molecule has 0 aliphatic rings. The molecule has 0 saturated carbocycles. The van der Waals surface area contributed by atoms with Gasteiger partial charge in [0.1, 0.15) is 10.8 Å². The number of amides is 1. The Hall–Kier alpha value is -2.87. The average molecular weight is 381 g/mol. The molecule has 3 aromatic rings. The standard InChI is InChI=1S/C17H12ClF3N4O/c1-25-15(18)8-13(24-25)10-3-2-4-11(7-10)16(26)23-12-5-6-14(22-9-12)17(19,20)21/h2-9H,1H3,(H,23,26). The van der Waals surface area contributed by atoms with Gasteiger partial charge < -0.3 is 5.32 Å². The minimum absolute atomic E-state index is 0.161. The van der Waals surface area contributed by atoms with E-state index in [2.05, 4.69) is 15.4 Å². The number of alkyl halides is 3. The first-order chi connectivity index (χ1) is 12.2. The monoisotopic (exact) mass is 380 g/mol. The highest BCUT2D eigenvalue weighted by Crippen LogP contribution is 2.28. The van der Waals surface area contributed by atoms with Crippen molar-refractivity contribution in [2.75, 3.05) is 5.32 Å². The van der Waals surface area contributed by atoms with Gasteiger partial charge in [0.2, 0.25) is 0 Å². The van der Waals surface area contributed by atoms with Crippen molar-refractivity contribution in [2.45, 2.75) is 6.18 Å². The molecule has 2 heterocycles. The van der Waals surface area contributed by atoms with Gasteiger partial charge in [-0.1, -0.05) is 23.7 Å². The number of nitrogens with zero attached hydrogens (tertiary/aromatic N) is 3. The lowest BCUT2D eigenvalue weighted by atomic mass is 10.1. The number of aryl methyl sites for hydroxylation is 1. The van der Waals surface area contributed by atoms with Gasteiger partial charge in [0.05, 0.1) is 17.6 Å². The zero-order valence-electron chi connectivity index (χ0n) is 13.4. The van der Waals surface area contributed by atoms with E-state index in [0.29, 0.717) is 22.0 Å². The molecule has 0 spiro atoms. The van der Waals surface area contributed by atoms with Crippen molar-refractivity contribution in [1.29, 1.82) is 0 Å². The number of hydrogen-bond acceptors (Lipinski definition) is 3. The molecule has 0 aliphatic carbocycles. The maximum Gasteiger partial charge on any atom is 0.433 e. The molecule has 0 unspecified atom stereocenters. The Kier molecular flexibility index (Phi) is 4.69. The topological polar surface area (TPSA) is 59.8 Å². The van der Waals surface area contributed by atoms with Crippen LogP contribution in [0.5, 0.6) is 0 Å². The number of hydrogen-bond donors (Lipinski definition) is 1. The summed E-state index contributed by atoms with van der Waals surface area (Å²) in [6.07, 6.45) is -3.57. The van der Waals surface area contributed by atoms with E-state index in [4.69, 9.17) is 11.6 Å². The Morgan fingerprint density at radius 2 is 1.96 bits per heavy atom. The Balaban J connectivity index is 1.79. The third-order valence-corrected chi connectivity index (χ3v) is 3.91. The van der Waals surface area contributed by atoms with Crippen LogP contribution in [0.4, 0.5) is 18.9 Å². The number of aromatic nitrogens is 3. The summed E-state index contributed by atoms with van der Waals surface area (Å²) < 4.78 is 39.0. The Morgan fingerprint density at radius 3 is 2.54 bits per heavy atom. The molecule has 0 fully saturated rings. The fourth-order valence-electron chi connectivity index (χ4n) is 2.24. The predicted octanol–water partition coefficient (Wildman–Crippen LogP) is 4.41. The maximum atomic E-state index is 12.5. The number of carbonyl (C=O) groups excluding carboxylic acids is 1. The lowest BCUT2D eigenvalue weighted by molar-refractivity contribution is -0.141. The van der Waals surface area contributed by atoms with Gasteiger partial charge in [0, 0.05) is 24.2 Å². The van der Waals surface area contributed by atoms with Gasteiger partial charge in [-0.15, -0.1) is 0 Å². The van der Waals surface area contributed by atoms with E-state index in [9.17, 15) is 18.0 Å². The van der Waals surface area contributed by atoms with Gasteiger partial charge in [0.15, 0.2) is 0 Å². The van der Waals surface area contributed by atoms with E-state index in [0.717, 1.165) is 18.3 Å². The zero-order valence-corrected chi connectivity index (χ0v) is 14.1. The Morgan fingerprint density at radius 1 is 1.19 bits per heavy atom. The minimum Gasteiger partial charge on any atom is -0.321 e. The third kappa shape index (κ3) is 3.85. The summed E-state index contributed by atoms with van der Waals surface area (Å²) >= 11 is 5.97. The number of pyridine rings is 1. The Bertz CT molecular complexity index is 932. The smallest absolute Gasteiger partial charge is 0.321 e. The summed E-state index contributed by atoms with van der Waals surface area (Å²) in [6.45, 7) is 0. The molecule has 5 nitrogen and oxygen atoms in total. The van der Waals surface area contributed by atoms with E-state index < -0.39 is 17.8 Å². The molecule has 1 aromatic carbocycles. The first-order valence-electron chi connectivity index (χ1n) is 7.38. The lowest BCUT2D eigenvalue weighted by Gasteiger charge is -2.08. The molecule has 1 amide bonds. The van der Waals surface area contributed by atoms with Gasteiger partial charge in [-0.3, -0.25) is 9.48 Å². The summed E-state index contributed by atoms with van der Waals surface area (Å²) in [7, 11) is 1.69. The quantitative estimate of drug-likeness (QED) is 0.732. The van der Waals surface area contributed by atoms with Crippen LogP contribution in [0.2, 0.25) is 5.15 Å². The summed E-state index contributed by atoms with van der Waals surface area (Å²) in [4.78, 5) is 15.6. The summed E-state index contributed by atoms with van der Waals surface area (Å²) in [5, 5.41) is 7.20. The number of nitrogens with one attached hydrogen (secondary N) is 1. The van der Waals surface area contributed by atoms with Crippen LogP contribution in [0.1, 0.15) is 16.1 Å². The number of halogens is 4. The fourth-order valence-corrected chi connectivity index (χ4v) is 2.39. The first-order valence-corrected chi connectivity index (χ1v) is 7.76. The molecular formula is C17H12ClF3N4O. The molecule has 0 aliphatic heterocycles. The van der Waals surface area contributed by atoms with Crippen LogP contribution in [-0.2, 0) is 13.2 Å². The third-order valence-electron chi connectivity index (χ3n) is 3.56. The molecule has 0 bridgehead atoms. The molecular weight excluding hydrogens is 369 g/mol. The fraction of sp³-hybridized carbons (Fsp3) is 0.118. The Labute approximate surface area is 151 Å². The SMILES string of the molecule is Cn1nc(-c2cccc(C(=O)Nc3ccc(C(F)(F)F)nc3)c2)cc1Cl. The average Bonchev–Trinajstić information content (AvgIpc) is 2.94. The van der Waals surface area contributed by atoms with Crippen LogP contribution in [-0.4, -0.2) is 20.7 Å². The van der Waals surface area contributed by atoms with E-state index in [1.165, 1.54) is 4.68 Å². The highest BCUT2D eigenvalue weighted by atomic mass is 35.5. The molecule has 9 heteroatoms. The van der Waals surface area contributed by atoms with E-state index >= 15 is 0 Å². The van der Waals surface area contributed by atoms with Crippen molar-refractivity contribution in [3.8, 4) is 11.3 Å². The van der Waals surface area contributed by atoms with Gasteiger partial charge in [-0.05, 0) is 24.3 Å². The van der Waals surface area contributed by atoms with Crippen molar-refractivity contribution < 1.29 is 18.0 Å². The van der Waals surface area contributed by atoms with E-state index in [1.54, 1.807) is 37.4 Å². The van der Waals surface area contributed by atoms with Crippen LogP contribution in [0.3, 0.4) is 0 Å². The predicted molar refractivity (Wildman–Crippen MR) is 90.8 cm³/mol. The second kappa shape index (κ2) is 6.80. The minimum atomic E-state index is -4.53. The summed E-state index contributed by atoms with van der Waals surface area (Å²) in [5.74, 6) is -0.476. The molecule has 2 aromatic heterocycles. The number of carbonyl (C=O) groups is 1. The summed E-state index contributed by atoms with van der Waals surface area (Å²) in [6, 6.07) is 10.3.